The standard InChI is InChI=1S/C28H20F6N4O4S/c1-15-11-16(14-43-37-21(39)12-17-5-2-3-9-35-17)7-8-20(15)38-13-19-22(26(38)40)24(41-27(29,30)31)18-6-4-10-36-23(18)25(19)42-28(32,33)34/h2-11H,12-14H2,1H3,(H,37,39). The van der Waals surface area contributed by atoms with E-state index in [1.807, 2.05) is 0 Å². The van der Waals surface area contributed by atoms with E-state index in [4.69, 9.17) is 0 Å². The first kappa shape index (κ1) is 29.9. The molecule has 8 nitrogen and oxygen atoms in total. The summed E-state index contributed by atoms with van der Waals surface area (Å²) >= 11 is 1.13. The molecular formula is C28H20F6N4O4S. The number of nitrogens with one attached hydrogen (secondary N) is 1. The highest BCUT2D eigenvalue weighted by molar-refractivity contribution is 7.97. The summed E-state index contributed by atoms with van der Waals surface area (Å²) in [5.41, 5.74) is 0.426. The Labute approximate surface area is 244 Å². The molecule has 1 N–H and O–H groups in total. The molecule has 3 heterocycles. The second kappa shape index (κ2) is 11.6. The molecule has 5 rings (SSSR count). The van der Waals surface area contributed by atoms with Crippen LogP contribution in [0.25, 0.3) is 10.9 Å². The van der Waals surface area contributed by atoms with E-state index in [0.717, 1.165) is 34.7 Å². The maximum Gasteiger partial charge on any atom is 0.573 e. The lowest BCUT2D eigenvalue weighted by molar-refractivity contribution is -0.276. The number of rotatable bonds is 8. The molecule has 2 aromatic carbocycles. The SMILES string of the molecule is Cc1cc(CSNC(=O)Cc2ccccn2)ccc1N1Cc2c(c(OC(F)(F)F)c3cccnc3c2OC(F)(F)F)C1=O. The Bertz CT molecular complexity index is 1700. The van der Waals surface area contributed by atoms with Crippen molar-refractivity contribution in [2.24, 2.45) is 0 Å². The summed E-state index contributed by atoms with van der Waals surface area (Å²) in [7, 11) is 0. The summed E-state index contributed by atoms with van der Waals surface area (Å²) in [4.78, 5) is 34.7. The number of benzene rings is 2. The highest BCUT2D eigenvalue weighted by atomic mass is 32.2. The number of alkyl halides is 6. The van der Waals surface area contributed by atoms with Crippen LogP contribution in [0.3, 0.4) is 0 Å². The summed E-state index contributed by atoms with van der Waals surface area (Å²) in [6, 6.07) is 12.3. The molecule has 43 heavy (non-hydrogen) atoms. The summed E-state index contributed by atoms with van der Waals surface area (Å²) in [5.74, 6) is -2.75. The third-order valence-corrected chi connectivity index (χ3v) is 7.18. The molecule has 0 aliphatic carbocycles. The van der Waals surface area contributed by atoms with Gasteiger partial charge in [0.1, 0.15) is 5.52 Å². The molecular weight excluding hydrogens is 602 g/mol. The second-order valence-corrected chi connectivity index (χ2v) is 10.1. The zero-order valence-electron chi connectivity index (χ0n) is 22.0. The minimum absolute atomic E-state index is 0.0913. The predicted octanol–water partition coefficient (Wildman–Crippen LogP) is 6.40. The van der Waals surface area contributed by atoms with E-state index < -0.39 is 58.7 Å². The van der Waals surface area contributed by atoms with E-state index in [1.165, 1.54) is 12.1 Å². The number of halogens is 6. The van der Waals surface area contributed by atoms with E-state index in [9.17, 15) is 35.9 Å². The monoisotopic (exact) mass is 622 g/mol. The molecule has 0 bridgehead atoms. The summed E-state index contributed by atoms with van der Waals surface area (Å²) in [6.45, 7) is 1.11. The van der Waals surface area contributed by atoms with Crippen molar-refractivity contribution >= 4 is 40.4 Å². The van der Waals surface area contributed by atoms with Crippen molar-refractivity contribution in [1.29, 1.82) is 0 Å². The summed E-state index contributed by atoms with van der Waals surface area (Å²) in [5, 5.41) is -0.470. The van der Waals surface area contributed by atoms with Crippen molar-refractivity contribution < 1.29 is 45.4 Å². The van der Waals surface area contributed by atoms with Gasteiger partial charge in [-0.1, -0.05) is 18.2 Å². The normalized spacial score (nSPS) is 13.3. The van der Waals surface area contributed by atoms with Crippen LogP contribution in [-0.4, -0.2) is 34.5 Å². The van der Waals surface area contributed by atoms with Crippen LogP contribution in [-0.2, 0) is 23.5 Å². The van der Waals surface area contributed by atoms with Gasteiger partial charge in [0, 0.05) is 40.5 Å². The minimum Gasteiger partial charge on any atom is -0.404 e. The molecule has 0 saturated carbocycles. The maximum atomic E-state index is 13.6. The number of nitrogens with zero attached hydrogens (tertiary/aromatic N) is 3. The lowest BCUT2D eigenvalue weighted by Crippen LogP contribution is -2.25. The number of anilines is 1. The molecule has 0 saturated heterocycles. The number of hydrogen-bond acceptors (Lipinski definition) is 7. The lowest BCUT2D eigenvalue weighted by Gasteiger charge is -2.19. The molecule has 0 unspecified atom stereocenters. The zero-order valence-corrected chi connectivity index (χ0v) is 22.9. The zero-order chi connectivity index (χ0) is 30.9. The van der Waals surface area contributed by atoms with Gasteiger partial charge in [-0.15, -0.1) is 26.3 Å². The van der Waals surface area contributed by atoms with E-state index in [-0.39, 0.29) is 18.0 Å². The van der Waals surface area contributed by atoms with Crippen molar-refractivity contribution in [3.63, 3.8) is 0 Å². The predicted molar refractivity (Wildman–Crippen MR) is 144 cm³/mol. The summed E-state index contributed by atoms with van der Waals surface area (Å²) < 4.78 is 91.6. The molecule has 1 aliphatic rings. The Morgan fingerprint density at radius 1 is 0.977 bits per heavy atom. The smallest absolute Gasteiger partial charge is 0.404 e. The number of carbonyl (C=O) groups excluding carboxylic acids is 2. The molecule has 224 valence electrons. The number of carbonyl (C=O) groups is 2. The number of aryl methyl sites for hydroxylation is 1. The number of aromatic nitrogens is 2. The summed E-state index contributed by atoms with van der Waals surface area (Å²) in [6.07, 6.45) is -7.71. The largest absolute Gasteiger partial charge is 0.573 e. The highest BCUT2D eigenvalue weighted by Gasteiger charge is 2.44. The quantitative estimate of drug-likeness (QED) is 0.180. The van der Waals surface area contributed by atoms with E-state index in [2.05, 4.69) is 24.2 Å². The third-order valence-electron chi connectivity index (χ3n) is 6.33. The van der Waals surface area contributed by atoms with Crippen molar-refractivity contribution in [3.8, 4) is 11.5 Å². The molecule has 4 aromatic rings. The molecule has 2 amide bonds. The number of fused-ring (bicyclic) bond motifs is 2. The van der Waals surface area contributed by atoms with Gasteiger partial charge in [0.25, 0.3) is 5.91 Å². The number of hydrogen-bond donors (Lipinski definition) is 1. The van der Waals surface area contributed by atoms with Crippen LogP contribution in [0.1, 0.15) is 32.7 Å². The molecule has 0 atom stereocenters. The number of pyridine rings is 2. The van der Waals surface area contributed by atoms with E-state index >= 15 is 0 Å². The minimum atomic E-state index is -5.25. The van der Waals surface area contributed by atoms with Gasteiger partial charge < -0.3 is 14.4 Å². The molecule has 0 radical (unpaired) electrons. The van der Waals surface area contributed by atoms with Gasteiger partial charge in [-0.05, 0) is 60.3 Å². The molecule has 0 spiro atoms. The first-order valence-corrected chi connectivity index (χ1v) is 13.5. The van der Waals surface area contributed by atoms with Gasteiger partial charge in [-0.25, -0.2) is 0 Å². The Kier molecular flexibility index (Phi) is 8.10. The average Bonchev–Trinajstić information content (AvgIpc) is 3.26. The topological polar surface area (TPSA) is 93.7 Å². The van der Waals surface area contributed by atoms with Gasteiger partial charge in [0.05, 0.1) is 18.5 Å². The van der Waals surface area contributed by atoms with Crippen molar-refractivity contribution in [2.75, 3.05) is 4.90 Å². The van der Waals surface area contributed by atoms with Gasteiger partial charge in [-0.2, -0.15) is 0 Å². The van der Waals surface area contributed by atoms with Crippen LogP contribution in [0.15, 0.2) is 60.9 Å². The van der Waals surface area contributed by atoms with E-state index in [1.54, 1.807) is 43.5 Å². The first-order chi connectivity index (χ1) is 20.3. The van der Waals surface area contributed by atoms with Crippen LogP contribution in [0.4, 0.5) is 32.0 Å². The van der Waals surface area contributed by atoms with Gasteiger partial charge in [0.2, 0.25) is 5.91 Å². The fraction of sp³-hybridized carbons (Fsp3) is 0.214. The Morgan fingerprint density at radius 2 is 1.70 bits per heavy atom. The Hall–Kier alpha value is -4.53. The lowest BCUT2D eigenvalue weighted by atomic mass is 10.0. The van der Waals surface area contributed by atoms with Crippen molar-refractivity contribution in [2.45, 2.75) is 38.4 Å². The van der Waals surface area contributed by atoms with E-state index in [0.29, 0.717) is 17.0 Å². The van der Waals surface area contributed by atoms with Gasteiger partial charge >= 0.3 is 12.7 Å². The second-order valence-electron chi connectivity index (χ2n) is 9.33. The van der Waals surface area contributed by atoms with Crippen LogP contribution >= 0.6 is 11.9 Å². The fourth-order valence-electron chi connectivity index (χ4n) is 4.69. The third kappa shape index (κ3) is 6.77. The Morgan fingerprint density at radius 3 is 2.37 bits per heavy atom. The van der Waals surface area contributed by atoms with Crippen molar-refractivity contribution in [3.05, 3.63) is 88.9 Å². The number of amides is 2. The maximum absolute atomic E-state index is 13.6. The Balaban J connectivity index is 1.42. The van der Waals surface area contributed by atoms with Crippen LogP contribution in [0, 0.1) is 6.92 Å². The molecule has 15 heteroatoms. The number of ether oxygens (including phenoxy) is 2. The van der Waals surface area contributed by atoms with Gasteiger partial charge in [0.15, 0.2) is 11.5 Å². The average molecular weight is 623 g/mol. The van der Waals surface area contributed by atoms with Crippen molar-refractivity contribution in [1.82, 2.24) is 14.7 Å². The van der Waals surface area contributed by atoms with Crippen LogP contribution in [0.5, 0.6) is 11.5 Å². The molecule has 1 aliphatic heterocycles. The highest BCUT2D eigenvalue weighted by Crippen LogP contribution is 2.48. The van der Waals surface area contributed by atoms with Crippen LogP contribution < -0.4 is 19.1 Å². The first-order valence-electron chi connectivity index (χ1n) is 12.5. The fourth-order valence-corrected chi connectivity index (χ4v) is 5.35. The van der Waals surface area contributed by atoms with Crippen LogP contribution in [0.2, 0.25) is 0 Å². The molecule has 0 fully saturated rings. The molecule has 2 aromatic heterocycles. The van der Waals surface area contributed by atoms with Gasteiger partial charge in [-0.3, -0.25) is 24.3 Å².